The van der Waals surface area contributed by atoms with Gasteiger partial charge < -0.3 is 14.2 Å². The van der Waals surface area contributed by atoms with Gasteiger partial charge in [-0.1, -0.05) is 69.7 Å². The summed E-state index contributed by atoms with van der Waals surface area (Å²) in [7, 11) is -0.822. The van der Waals surface area contributed by atoms with Crippen LogP contribution in [-0.2, 0) is 19.6 Å². The number of unbranched alkanes of at least 4 members (excludes halogenated alkanes) is 6. The number of carbonyl (C=O) groups is 1. The Bertz CT molecular complexity index is 1260. The lowest BCUT2D eigenvalue weighted by molar-refractivity contribution is -0.122. The topological polar surface area (TPSA) is 94.5 Å². The third-order valence-corrected chi connectivity index (χ3v) is 8.75. The zero-order valence-corrected chi connectivity index (χ0v) is 25.3. The number of hydrogen-bond acceptors (Lipinski definition) is 7. The maximum atomic E-state index is 13.3. The molecule has 0 aliphatic carbocycles. The fraction of sp³-hybridized carbons (Fsp3) is 0.467. The normalized spacial score (nSPS) is 15.8. The van der Waals surface area contributed by atoms with E-state index in [9.17, 15) is 13.2 Å². The van der Waals surface area contributed by atoms with E-state index < -0.39 is 10.0 Å². The Morgan fingerprint density at radius 3 is 2.33 bits per heavy atom. The molecule has 218 valence electrons. The van der Waals surface area contributed by atoms with E-state index >= 15 is 0 Å². The molecule has 0 spiro atoms. The van der Waals surface area contributed by atoms with Gasteiger partial charge in [-0.15, -0.1) is 4.40 Å². The molecule has 3 rings (SSSR count). The van der Waals surface area contributed by atoms with Gasteiger partial charge in [-0.2, -0.15) is 8.42 Å². The molecule has 8 nitrogen and oxygen atoms in total. The van der Waals surface area contributed by atoms with Crippen molar-refractivity contribution in [2.45, 2.75) is 63.2 Å². The van der Waals surface area contributed by atoms with Crippen LogP contribution in [0.4, 0.5) is 0 Å². The van der Waals surface area contributed by atoms with E-state index in [4.69, 9.17) is 14.2 Å². The molecule has 0 saturated carbocycles. The molecule has 2 aromatic rings. The maximum absolute atomic E-state index is 13.3. The van der Waals surface area contributed by atoms with Crippen LogP contribution in [0.3, 0.4) is 0 Å². The van der Waals surface area contributed by atoms with E-state index in [2.05, 4.69) is 11.3 Å². The van der Waals surface area contributed by atoms with Gasteiger partial charge in [0.15, 0.2) is 16.7 Å². The first-order valence-corrected chi connectivity index (χ1v) is 16.1. The Hall–Kier alpha value is -2.82. The zero-order chi connectivity index (χ0) is 28.8. The van der Waals surface area contributed by atoms with Gasteiger partial charge in [0, 0.05) is 20.3 Å². The van der Waals surface area contributed by atoms with Gasteiger partial charge >= 0.3 is 0 Å². The average Bonchev–Trinajstić information content (AvgIpc) is 3.23. The lowest BCUT2D eigenvalue weighted by Crippen LogP contribution is -2.31. The number of thioether (sulfide) groups is 1. The highest BCUT2D eigenvalue weighted by Gasteiger charge is 2.34. The predicted molar refractivity (Wildman–Crippen MR) is 161 cm³/mol. The van der Waals surface area contributed by atoms with E-state index in [1.54, 1.807) is 38.5 Å². The first kappa shape index (κ1) is 31.7. The van der Waals surface area contributed by atoms with Gasteiger partial charge in [0.25, 0.3) is 15.9 Å². The molecule has 1 saturated heterocycles. The average molecular weight is 589 g/mol. The second-order valence-electron chi connectivity index (χ2n) is 9.46. The third kappa shape index (κ3) is 9.38. The second-order valence-corrected chi connectivity index (χ2v) is 12.1. The minimum absolute atomic E-state index is 0.0710. The molecular weight excluding hydrogens is 548 g/mol. The van der Waals surface area contributed by atoms with Crippen molar-refractivity contribution >= 4 is 38.9 Å². The van der Waals surface area contributed by atoms with Crippen molar-refractivity contribution in [3.63, 3.8) is 0 Å². The summed E-state index contributed by atoms with van der Waals surface area (Å²) in [6.07, 6.45) is 10.7. The first-order valence-electron chi connectivity index (χ1n) is 13.8. The van der Waals surface area contributed by atoms with Crippen molar-refractivity contribution in [2.24, 2.45) is 4.40 Å². The standard InChI is InChI=1S/C30H40N2O6S2/c1-4-5-6-7-8-9-13-21-38-26-18-17-24(22-27(26)37-3)23-28-29(33)32(19-14-20-36-2)30(39-28)31-40(34,35)25-15-11-10-12-16-25/h10-12,15-18,22-23H,4-9,13-14,19-21H2,1-3H3. The summed E-state index contributed by atoms with van der Waals surface area (Å²) in [4.78, 5) is 15.1. The molecule has 10 heteroatoms. The molecule has 1 fully saturated rings. The van der Waals surface area contributed by atoms with E-state index in [1.165, 1.54) is 49.1 Å². The van der Waals surface area contributed by atoms with Crippen LogP contribution in [0.15, 0.2) is 62.7 Å². The molecule has 0 radical (unpaired) electrons. The number of rotatable bonds is 17. The van der Waals surface area contributed by atoms with E-state index in [0.717, 1.165) is 30.2 Å². The number of amidine groups is 1. The number of benzene rings is 2. The van der Waals surface area contributed by atoms with Crippen LogP contribution in [-0.4, -0.2) is 58.4 Å². The van der Waals surface area contributed by atoms with Crippen molar-refractivity contribution < 1.29 is 27.4 Å². The molecule has 1 aliphatic rings. The molecule has 2 aromatic carbocycles. The molecule has 1 heterocycles. The van der Waals surface area contributed by atoms with Crippen molar-refractivity contribution in [1.82, 2.24) is 4.90 Å². The Balaban J connectivity index is 1.73. The van der Waals surface area contributed by atoms with Crippen molar-refractivity contribution in [2.75, 3.05) is 34.0 Å². The van der Waals surface area contributed by atoms with E-state index in [0.29, 0.717) is 36.0 Å². The molecule has 1 amide bonds. The fourth-order valence-electron chi connectivity index (χ4n) is 4.17. The molecule has 0 bridgehead atoms. The largest absolute Gasteiger partial charge is 0.493 e. The molecule has 1 aliphatic heterocycles. The van der Waals surface area contributed by atoms with Crippen molar-refractivity contribution in [3.05, 3.63) is 59.0 Å². The van der Waals surface area contributed by atoms with Gasteiger partial charge in [0.1, 0.15) is 0 Å². The number of methoxy groups -OCH3 is 2. The predicted octanol–water partition coefficient (Wildman–Crippen LogP) is 6.52. The SMILES string of the molecule is CCCCCCCCCOc1ccc(C=C2SC(=NS(=O)(=O)c3ccccc3)N(CCCOC)C2=O)cc1OC. The summed E-state index contributed by atoms with van der Waals surface area (Å²) in [5, 5.41) is 0.123. The summed E-state index contributed by atoms with van der Waals surface area (Å²) in [5.74, 6) is 0.921. The Morgan fingerprint density at radius 2 is 1.62 bits per heavy atom. The lowest BCUT2D eigenvalue weighted by Gasteiger charge is -2.15. The van der Waals surface area contributed by atoms with Crippen LogP contribution in [0, 0.1) is 0 Å². The minimum Gasteiger partial charge on any atom is -0.493 e. The maximum Gasteiger partial charge on any atom is 0.284 e. The smallest absolute Gasteiger partial charge is 0.284 e. The number of carbonyl (C=O) groups excluding carboxylic acids is 1. The number of ether oxygens (including phenoxy) is 3. The molecule has 0 unspecified atom stereocenters. The summed E-state index contributed by atoms with van der Waals surface area (Å²) >= 11 is 1.04. The third-order valence-electron chi connectivity index (χ3n) is 6.35. The van der Waals surface area contributed by atoms with E-state index in [1.807, 2.05) is 18.2 Å². The second kappa shape index (κ2) is 16.4. The number of amides is 1. The summed E-state index contributed by atoms with van der Waals surface area (Å²) in [6, 6.07) is 13.5. The minimum atomic E-state index is -3.98. The van der Waals surface area contributed by atoms with Gasteiger partial charge in [0.05, 0.1) is 23.5 Å². The van der Waals surface area contributed by atoms with Crippen molar-refractivity contribution in [1.29, 1.82) is 0 Å². The molecule has 0 aromatic heterocycles. The van der Waals surface area contributed by atoms with Gasteiger partial charge in [-0.3, -0.25) is 9.69 Å². The summed E-state index contributed by atoms with van der Waals surface area (Å²) in [6.45, 7) is 3.56. The van der Waals surface area contributed by atoms with Crippen LogP contribution < -0.4 is 9.47 Å². The van der Waals surface area contributed by atoms with Crippen LogP contribution in [0.5, 0.6) is 11.5 Å². The van der Waals surface area contributed by atoms with Gasteiger partial charge in [-0.25, -0.2) is 0 Å². The Labute approximate surface area is 242 Å². The number of sulfonamides is 1. The summed E-state index contributed by atoms with van der Waals surface area (Å²) < 4.78 is 46.5. The lowest BCUT2D eigenvalue weighted by atomic mass is 10.1. The highest BCUT2D eigenvalue weighted by atomic mass is 32.2. The van der Waals surface area contributed by atoms with Crippen LogP contribution in [0.1, 0.15) is 63.9 Å². The molecule has 0 N–H and O–H groups in total. The highest BCUT2D eigenvalue weighted by Crippen LogP contribution is 2.36. The molecule has 40 heavy (non-hydrogen) atoms. The Kier molecular flexibility index (Phi) is 13.0. The quantitative estimate of drug-likeness (QED) is 0.153. The number of nitrogens with zero attached hydrogens (tertiary/aromatic N) is 2. The first-order chi connectivity index (χ1) is 19.4. The molecular formula is C30H40N2O6S2. The van der Waals surface area contributed by atoms with Crippen molar-refractivity contribution in [3.8, 4) is 11.5 Å². The monoisotopic (exact) mass is 588 g/mol. The van der Waals surface area contributed by atoms with Gasteiger partial charge in [0.2, 0.25) is 0 Å². The van der Waals surface area contributed by atoms with Gasteiger partial charge in [-0.05, 0) is 60.5 Å². The van der Waals surface area contributed by atoms with Crippen LogP contribution >= 0.6 is 11.8 Å². The van der Waals surface area contributed by atoms with Crippen LogP contribution in [0.2, 0.25) is 0 Å². The fourth-order valence-corrected chi connectivity index (χ4v) is 6.40. The van der Waals surface area contributed by atoms with E-state index in [-0.39, 0.29) is 22.5 Å². The zero-order valence-electron chi connectivity index (χ0n) is 23.6. The summed E-state index contributed by atoms with van der Waals surface area (Å²) in [5.41, 5.74) is 0.736. The Morgan fingerprint density at radius 1 is 0.900 bits per heavy atom. The van der Waals surface area contributed by atoms with Crippen LogP contribution in [0.25, 0.3) is 6.08 Å². The highest BCUT2D eigenvalue weighted by molar-refractivity contribution is 8.19. The number of hydrogen-bond donors (Lipinski definition) is 0. The molecule has 0 atom stereocenters.